The third-order valence-corrected chi connectivity index (χ3v) is 5.92. The van der Waals surface area contributed by atoms with Gasteiger partial charge in [-0.25, -0.2) is 4.98 Å². The summed E-state index contributed by atoms with van der Waals surface area (Å²) in [4.78, 5) is 17.4. The maximum absolute atomic E-state index is 12.8. The Morgan fingerprint density at radius 2 is 1.55 bits per heavy atom. The number of nitrogens with zero attached hydrogens (tertiary/aromatic N) is 1. The topological polar surface area (TPSA) is 92.1 Å². The molecule has 0 unspecified atom stereocenters. The summed E-state index contributed by atoms with van der Waals surface area (Å²) in [5.74, 6) is 2.30. The van der Waals surface area contributed by atoms with Crippen LogP contribution in [0.4, 0.5) is 5.69 Å². The molecule has 0 aliphatic rings. The van der Waals surface area contributed by atoms with E-state index in [0.717, 1.165) is 5.56 Å². The summed E-state index contributed by atoms with van der Waals surface area (Å²) in [5, 5.41) is 2.91. The molecule has 0 atom stereocenters. The van der Waals surface area contributed by atoms with Gasteiger partial charge >= 0.3 is 0 Å². The number of anilines is 1. The highest BCUT2D eigenvalue weighted by Crippen LogP contribution is 2.41. The van der Waals surface area contributed by atoms with Crippen molar-refractivity contribution in [3.8, 4) is 34.5 Å². The minimum atomic E-state index is -0.243. The fourth-order valence-corrected chi connectivity index (χ4v) is 3.98. The molecule has 1 N–H and O–H groups in total. The largest absolute Gasteiger partial charge is 0.493 e. The highest BCUT2D eigenvalue weighted by Gasteiger charge is 2.18. The fourth-order valence-electron chi connectivity index (χ4n) is 3.98. The lowest BCUT2D eigenvalue weighted by Gasteiger charge is -2.12. The van der Waals surface area contributed by atoms with Gasteiger partial charge in [0.05, 0.1) is 21.3 Å². The van der Waals surface area contributed by atoms with E-state index in [2.05, 4.69) is 10.3 Å². The SMILES string of the molecule is COc1cc(-c2nc3cc(NC(=O)c4ccc(OCc5ccccc5)cc4)ccc3o2)cc(OC)c1OC. The average molecular weight is 511 g/mol. The van der Waals surface area contributed by atoms with E-state index in [4.69, 9.17) is 23.4 Å². The van der Waals surface area contributed by atoms with Gasteiger partial charge in [-0.3, -0.25) is 4.79 Å². The smallest absolute Gasteiger partial charge is 0.255 e. The second kappa shape index (κ2) is 11.0. The number of carbonyl (C=O) groups is 1. The summed E-state index contributed by atoms with van der Waals surface area (Å²) >= 11 is 0. The number of hydrogen-bond acceptors (Lipinski definition) is 7. The zero-order valence-electron chi connectivity index (χ0n) is 21.2. The first kappa shape index (κ1) is 24.7. The normalized spacial score (nSPS) is 10.7. The number of oxazole rings is 1. The number of rotatable bonds is 9. The monoisotopic (exact) mass is 510 g/mol. The van der Waals surface area contributed by atoms with Crippen LogP contribution < -0.4 is 24.3 Å². The summed E-state index contributed by atoms with van der Waals surface area (Å²) in [7, 11) is 4.64. The summed E-state index contributed by atoms with van der Waals surface area (Å²) in [6, 6.07) is 25.7. The zero-order chi connectivity index (χ0) is 26.5. The van der Waals surface area contributed by atoms with E-state index in [0.29, 0.717) is 63.4 Å². The third-order valence-electron chi connectivity index (χ3n) is 5.92. The van der Waals surface area contributed by atoms with Gasteiger partial charge in [0.15, 0.2) is 17.1 Å². The molecule has 0 spiro atoms. The molecule has 0 fully saturated rings. The maximum atomic E-state index is 12.8. The van der Waals surface area contributed by atoms with Gasteiger partial charge < -0.3 is 28.7 Å². The van der Waals surface area contributed by atoms with Crippen LogP contribution in [-0.2, 0) is 6.61 Å². The summed E-state index contributed by atoms with van der Waals surface area (Å²) < 4.78 is 28.0. The van der Waals surface area contributed by atoms with Crippen molar-refractivity contribution in [3.05, 3.63) is 96.1 Å². The standard InChI is InChI=1S/C30H26N2O6/c1-34-26-15-21(16-27(35-2)28(26)36-3)30-32-24-17-22(11-14-25(24)38-30)31-29(33)20-9-12-23(13-10-20)37-18-19-7-5-4-6-8-19/h4-17H,18H2,1-3H3,(H,31,33). The number of carbonyl (C=O) groups excluding carboxylic acids is 1. The molecule has 0 saturated heterocycles. The van der Waals surface area contributed by atoms with Gasteiger partial charge in [-0.15, -0.1) is 0 Å². The Morgan fingerprint density at radius 1 is 0.842 bits per heavy atom. The molecule has 1 heterocycles. The average Bonchev–Trinajstić information content (AvgIpc) is 3.39. The van der Waals surface area contributed by atoms with Gasteiger partial charge in [0.25, 0.3) is 5.91 Å². The lowest BCUT2D eigenvalue weighted by atomic mass is 10.2. The predicted octanol–water partition coefficient (Wildman–Crippen LogP) is 6.35. The second-order valence-electron chi connectivity index (χ2n) is 8.37. The summed E-state index contributed by atoms with van der Waals surface area (Å²) in [6.45, 7) is 0.460. The van der Waals surface area contributed by atoms with E-state index in [9.17, 15) is 4.79 Å². The van der Waals surface area contributed by atoms with Crippen LogP contribution in [0.5, 0.6) is 23.0 Å². The van der Waals surface area contributed by atoms with E-state index in [1.165, 1.54) is 0 Å². The Morgan fingerprint density at radius 3 is 2.21 bits per heavy atom. The molecule has 38 heavy (non-hydrogen) atoms. The Labute approximate surface area is 219 Å². The predicted molar refractivity (Wildman–Crippen MR) is 144 cm³/mol. The maximum Gasteiger partial charge on any atom is 0.255 e. The number of nitrogens with one attached hydrogen (secondary N) is 1. The van der Waals surface area contributed by atoms with Crippen molar-refractivity contribution in [2.75, 3.05) is 26.6 Å². The molecule has 0 aliphatic carbocycles. The first-order valence-electron chi connectivity index (χ1n) is 11.9. The molecule has 8 heteroatoms. The quantitative estimate of drug-likeness (QED) is 0.247. The van der Waals surface area contributed by atoms with Crippen molar-refractivity contribution in [2.45, 2.75) is 6.61 Å². The summed E-state index contributed by atoms with van der Waals surface area (Å²) in [6.07, 6.45) is 0. The second-order valence-corrected chi connectivity index (χ2v) is 8.37. The molecule has 0 radical (unpaired) electrons. The van der Waals surface area contributed by atoms with E-state index in [1.807, 2.05) is 30.3 Å². The van der Waals surface area contributed by atoms with E-state index in [1.54, 1.807) is 75.9 Å². The molecule has 1 amide bonds. The van der Waals surface area contributed by atoms with Crippen molar-refractivity contribution in [1.82, 2.24) is 4.98 Å². The van der Waals surface area contributed by atoms with Crippen molar-refractivity contribution < 1.29 is 28.2 Å². The molecule has 8 nitrogen and oxygen atoms in total. The first-order chi connectivity index (χ1) is 18.6. The molecule has 0 saturated carbocycles. The van der Waals surface area contributed by atoms with Gasteiger partial charge in [-0.2, -0.15) is 0 Å². The number of methoxy groups -OCH3 is 3. The Hall–Kier alpha value is -4.98. The molecule has 5 rings (SSSR count). The van der Waals surface area contributed by atoms with Crippen LogP contribution in [-0.4, -0.2) is 32.2 Å². The number of hydrogen-bond donors (Lipinski definition) is 1. The number of amides is 1. The van der Waals surface area contributed by atoms with Crippen LogP contribution in [0, 0.1) is 0 Å². The zero-order valence-corrected chi connectivity index (χ0v) is 21.2. The van der Waals surface area contributed by atoms with Crippen LogP contribution in [0.15, 0.2) is 89.3 Å². The van der Waals surface area contributed by atoms with Crippen LogP contribution in [0.25, 0.3) is 22.6 Å². The van der Waals surface area contributed by atoms with Gasteiger partial charge in [0, 0.05) is 16.8 Å². The number of ether oxygens (including phenoxy) is 4. The highest BCUT2D eigenvalue weighted by atomic mass is 16.5. The molecule has 4 aromatic carbocycles. The summed E-state index contributed by atoms with van der Waals surface area (Å²) in [5.41, 5.74) is 4.01. The first-order valence-corrected chi connectivity index (χ1v) is 11.9. The highest BCUT2D eigenvalue weighted by molar-refractivity contribution is 6.05. The molecule has 0 bridgehead atoms. The molecular weight excluding hydrogens is 484 g/mol. The van der Waals surface area contributed by atoms with E-state index >= 15 is 0 Å². The van der Waals surface area contributed by atoms with Gasteiger partial charge in [-0.1, -0.05) is 30.3 Å². The lowest BCUT2D eigenvalue weighted by Crippen LogP contribution is -2.11. The molecule has 1 aromatic heterocycles. The Balaban J connectivity index is 1.30. The minimum Gasteiger partial charge on any atom is -0.493 e. The Bertz CT molecular complexity index is 1540. The van der Waals surface area contributed by atoms with E-state index in [-0.39, 0.29) is 5.91 Å². The van der Waals surface area contributed by atoms with E-state index < -0.39 is 0 Å². The third kappa shape index (κ3) is 5.24. The van der Waals surface area contributed by atoms with Crippen LogP contribution in [0.2, 0.25) is 0 Å². The number of aromatic nitrogens is 1. The molecular formula is C30H26N2O6. The Kier molecular flexibility index (Phi) is 7.13. The minimum absolute atomic E-state index is 0.243. The molecule has 192 valence electrons. The van der Waals surface area contributed by atoms with Crippen LogP contribution in [0.1, 0.15) is 15.9 Å². The molecule has 0 aliphatic heterocycles. The number of fused-ring (bicyclic) bond motifs is 1. The van der Waals surface area contributed by atoms with Crippen LogP contribution in [0.3, 0.4) is 0 Å². The molecule has 5 aromatic rings. The van der Waals surface area contributed by atoms with Gasteiger partial charge in [0.1, 0.15) is 17.9 Å². The van der Waals surface area contributed by atoms with Crippen molar-refractivity contribution in [1.29, 1.82) is 0 Å². The van der Waals surface area contributed by atoms with Crippen molar-refractivity contribution >= 4 is 22.7 Å². The van der Waals surface area contributed by atoms with Gasteiger partial charge in [0.2, 0.25) is 11.6 Å². The number of benzene rings is 4. The van der Waals surface area contributed by atoms with Crippen molar-refractivity contribution in [2.24, 2.45) is 0 Å². The fraction of sp³-hybridized carbons (Fsp3) is 0.133. The van der Waals surface area contributed by atoms with Crippen molar-refractivity contribution in [3.63, 3.8) is 0 Å². The van der Waals surface area contributed by atoms with Crippen LogP contribution >= 0.6 is 0 Å². The lowest BCUT2D eigenvalue weighted by molar-refractivity contribution is 0.102. The van der Waals surface area contributed by atoms with Gasteiger partial charge in [-0.05, 0) is 60.2 Å².